The van der Waals surface area contributed by atoms with Gasteiger partial charge in [-0.15, -0.1) is 0 Å². The predicted octanol–water partition coefficient (Wildman–Crippen LogP) is 1.45. The molecule has 0 fully saturated rings. The van der Waals surface area contributed by atoms with Gasteiger partial charge in [-0.05, 0) is 20.3 Å². The molecule has 0 aliphatic heterocycles. The van der Waals surface area contributed by atoms with Gasteiger partial charge in [-0.25, -0.2) is 9.59 Å². The van der Waals surface area contributed by atoms with E-state index in [0.29, 0.717) is 25.2 Å². The molecule has 0 bridgehead atoms. The van der Waals surface area contributed by atoms with Crippen molar-refractivity contribution in [1.82, 2.24) is 0 Å². The summed E-state index contributed by atoms with van der Waals surface area (Å²) in [7, 11) is 0. The van der Waals surface area contributed by atoms with Crippen LogP contribution in [0.15, 0.2) is 11.6 Å². The van der Waals surface area contributed by atoms with Gasteiger partial charge in [0.2, 0.25) is 0 Å². The third-order valence-corrected chi connectivity index (χ3v) is 1.50. The molecule has 0 rings (SSSR count). The van der Waals surface area contributed by atoms with Gasteiger partial charge in [0.25, 0.3) is 0 Å². The van der Waals surface area contributed by atoms with E-state index >= 15 is 0 Å². The Morgan fingerprint density at radius 3 is 2.07 bits per heavy atom. The number of esters is 2. The monoisotopic (exact) mass is 200 g/mol. The lowest BCUT2D eigenvalue weighted by Crippen LogP contribution is -2.10. The summed E-state index contributed by atoms with van der Waals surface area (Å²) in [4.78, 5) is 22.2. The molecular weight excluding hydrogens is 184 g/mol. The third kappa shape index (κ3) is 4.64. The Morgan fingerprint density at radius 2 is 1.64 bits per heavy atom. The highest BCUT2D eigenvalue weighted by molar-refractivity contribution is 5.96. The molecule has 4 nitrogen and oxygen atoms in total. The van der Waals surface area contributed by atoms with E-state index in [-0.39, 0.29) is 0 Å². The Bertz CT molecular complexity index is 230. The van der Waals surface area contributed by atoms with Crippen molar-refractivity contribution in [3.8, 4) is 0 Å². The molecule has 0 atom stereocenters. The summed E-state index contributed by atoms with van der Waals surface area (Å²) in [5.74, 6) is -0.958. The Morgan fingerprint density at radius 1 is 1.07 bits per heavy atom. The van der Waals surface area contributed by atoms with Crippen LogP contribution >= 0.6 is 0 Å². The molecule has 0 aromatic rings. The normalized spacial score (nSPS) is 10.9. The summed E-state index contributed by atoms with van der Waals surface area (Å²) in [5, 5.41) is 0. The van der Waals surface area contributed by atoms with E-state index in [9.17, 15) is 9.59 Å². The minimum atomic E-state index is -0.502. The molecule has 0 radical (unpaired) electrons. The molecular formula is C10H16O4. The maximum atomic E-state index is 11.2. The molecule has 0 aliphatic carbocycles. The summed E-state index contributed by atoms with van der Waals surface area (Å²) >= 11 is 0. The summed E-state index contributed by atoms with van der Waals surface area (Å²) in [6, 6.07) is 0. The van der Waals surface area contributed by atoms with Crippen LogP contribution in [0.4, 0.5) is 0 Å². The van der Waals surface area contributed by atoms with Gasteiger partial charge in [0, 0.05) is 11.6 Å². The first-order chi connectivity index (χ1) is 6.65. The van der Waals surface area contributed by atoms with Crippen molar-refractivity contribution in [1.29, 1.82) is 0 Å². The van der Waals surface area contributed by atoms with Crippen molar-refractivity contribution in [3.05, 3.63) is 11.6 Å². The quantitative estimate of drug-likeness (QED) is 0.498. The van der Waals surface area contributed by atoms with E-state index in [2.05, 4.69) is 4.74 Å². The minimum Gasteiger partial charge on any atom is -0.463 e. The van der Waals surface area contributed by atoms with Gasteiger partial charge in [0.1, 0.15) is 0 Å². The fraction of sp³-hybridized carbons (Fsp3) is 0.600. The molecule has 80 valence electrons. The molecule has 0 spiro atoms. The van der Waals surface area contributed by atoms with E-state index in [4.69, 9.17) is 4.74 Å². The van der Waals surface area contributed by atoms with Crippen molar-refractivity contribution < 1.29 is 19.1 Å². The van der Waals surface area contributed by atoms with Gasteiger partial charge in [-0.2, -0.15) is 0 Å². The van der Waals surface area contributed by atoms with E-state index in [1.165, 1.54) is 6.08 Å². The smallest absolute Gasteiger partial charge is 0.334 e. The van der Waals surface area contributed by atoms with Crippen LogP contribution in [0.2, 0.25) is 0 Å². The summed E-state index contributed by atoms with van der Waals surface area (Å²) in [6.07, 6.45) is 1.64. The van der Waals surface area contributed by atoms with Gasteiger partial charge >= 0.3 is 11.9 Å². The second-order valence-electron chi connectivity index (χ2n) is 2.50. The first-order valence-electron chi connectivity index (χ1n) is 4.70. The van der Waals surface area contributed by atoms with Crippen LogP contribution in [0, 0.1) is 0 Å². The Labute approximate surface area is 83.9 Å². The molecule has 0 aromatic carbocycles. The van der Waals surface area contributed by atoms with Crippen LogP contribution < -0.4 is 0 Å². The number of ether oxygens (including phenoxy) is 2. The van der Waals surface area contributed by atoms with Gasteiger partial charge in [0.05, 0.1) is 13.2 Å². The van der Waals surface area contributed by atoms with Crippen LogP contribution in [0.25, 0.3) is 0 Å². The molecule has 0 saturated carbocycles. The van der Waals surface area contributed by atoms with Gasteiger partial charge in [0.15, 0.2) is 0 Å². The fourth-order valence-electron chi connectivity index (χ4n) is 0.855. The van der Waals surface area contributed by atoms with Crippen molar-refractivity contribution in [2.45, 2.75) is 27.2 Å². The Balaban J connectivity index is 4.38. The van der Waals surface area contributed by atoms with Crippen LogP contribution in [-0.4, -0.2) is 25.2 Å². The van der Waals surface area contributed by atoms with Crippen LogP contribution in [-0.2, 0) is 19.1 Å². The number of hydrogen-bond donors (Lipinski definition) is 0. The third-order valence-electron chi connectivity index (χ3n) is 1.50. The zero-order chi connectivity index (χ0) is 11.0. The fourth-order valence-corrected chi connectivity index (χ4v) is 0.855. The lowest BCUT2D eigenvalue weighted by molar-refractivity contribution is -0.141. The van der Waals surface area contributed by atoms with E-state index in [0.717, 1.165) is 0 Å². The van der Waals surface area contributed by atoms with Gasteiger partial charge in [-0.3, -0.25) is 0 Å². The van der Waals surface area contributed by atoms with Crippen LogP contribution in [0.3, 0.4) is 0 Å². The largest absolute Gasteiger partial charge is 0.463 e. The first kappa shape index (κ1) is 12.7. The second-order valence-corrected chi connectivity index (χ2v) is 2.50. The molecule has 0 heterocycles. The Kier molecular flexibility index (Phi) is 6.45. The van der Waals surface area contributed by atoms with Crippen LogP contribution in [0.5, 0.6) is 0 Å². The molecule has 0 unspecified atom stereocenters. The second kappa shape index (κ2) is 7.12. The summed E-state index contributed by atoms with van der Waals surface area (Å²) in [5.41, 5.74) is 0.338. The highest BCUT2D eigenvalue weighted by Crippen LogP contribution is 2.04. The Hall–Kier alpha value is -1.32. The molecule has 0 aromatic heterocycles. The van der Waals surface area contributed by atoms with E-state index in [1.54, 1.807) is 20.8 Å². The molecule has 0 amide bonds. The number of hydrogen-bond acceptors (Lipinski definition) is 4. The SMILES string of the molecule is CCOC(=O)/C=C(/CC)C(=O)OCC. The molecule has 4 heteroatoms. The zero-order valence-corrected chi connectivity index (χ0v) is 8.83. The van der Waals surface area contributed by atoms with Gasteiger partial charge < -0.3 is 9.47 Å². The summed E-state index contributed by atoms with van der Waals surface area (Å²) in [6.45, 7) is 5.81. The molecule has 0 N–H and O–H groups in total. The molecule has 0 saturated heterocycles. The maximum Gasteiger partial charge on any atom is 0.334 e. The maximum absolute atomic E-state index is 11.2. The highest BCUT2D eigenvalue weighted by atomic mass is 16.5. The van der Waals surface area contributed by atoms with Crippen LogP contribution in [0.1, 0.15) is 27.2 Å². The highest BCUT2D eigenvalue weighted by Gasteiger charge is 2.10. The average Bonchev–Trinajstić information content (AvgIpc) is 2.15. The lowest BCUT2D eigenvalue weighted by Gasteiger charge is -2.03. The van der Waals surface area contributed by atoms with Crippen molar-refractivity contribution in [3.63, 3.8) is 0 Å². The average molecular weight is 200 g/mol. The van der Waals surface area contributed by atoms with Crippen molar-refractivity contribution in [2.75, 3.05) is 13.2 Å². The van der Waals surface area contributed by atoms with Crippen molar-refractivity contribution in [2.24, 2.45) is 0 Å². The predicted molar refractivity (Wildman–Crippen MR) is 51.6 cm³/mol. The topological polar surface area (TPSA) is 52.6 Å². The van der Waals surface area contributed by atoms with Crippen molar-refractivity contribution >= 4 is 11.9 Å². The summed E-state index contributed by atoms with van der Waals surface area (Å²) < 4.78 is 9.44. The molecule has 0 aliphatic rings. The number of rotatable bonds is 5. The number of carbonyl (C=O) groups is 2. The van der Waals surface area contributed by atoms with E-state index in [1.807, 2.05) is 0 Å². The first-order valence-corrected chi connectivity index (χ1v) is 4.70. The molecule has 14 heavy (non-hydrogen) atoms. The van der Waals surface area contributed by atoms with Gasteiger partial charge in [-0.1, -0.05) is 6.92 Å². The zero-order valence-electron chi connectivity index (χ0n) is 8.83. The van der Waals surface area contributed by atoms with E-state index < -0.39 is 11.9 Å². The lowest BCUT2D eigenvalue weighted by atomic mass is 10.2. The minimum absolute atomic E-state index is 0.301. The standard InChI is InChI=1S/C10H16O4/c1-4-8(10(12)14-6-3)7-9(11)13-5-2/h7H,4-6H2,1-3H3/b8-7-. The number of carbonyl (C=O) groups excluding carboxylic acids is 2.